The molecule has 0 aromatic heterocycles. The van der Waals surface area contributed by atoms with E-state index in [1.54, 1.807) is 19.1 Å². The molecule has 1 N–H and O–H groups in total. The first-order valence-corrected chi connectivity index (χ1v) is 6.34. The molecule has 0 aliphatic heterocycles. The number of aromatic hydroxyl groups is 1. The number of ether oxygens (including phenoxy) is 1. The highest BCUT2D eigenvalue weighted by Gasteiger charge is 2.08. The number of ketones is 1. The fraction of sp³-hybridized carbons (Fsp3) is 0.333. The molecule has 1 rings (SSSR count). The lowest BCUT2D eigenvalue weighted by atomic mass is 10.1. The minimum Gasteiger partial charge on any atom is -0.508 e. The van der Waals surface area contributed by atoms with Gasteiger partial charge in [-0.15, -0.1) is 11.8 Å². The van der Waals surface area contributed by atoms with Gasteiger partial charge < -0.3 is 9.84 Å². The van der Waals surface area contributed by atoms with E-state index in [4.69, 9.17) is 9.84 Å². The number of benzene rings is 1. The van der Waals surface area contributed by atoms with Crippen molar-refractivity contribution in [1.82, 2.24) is 0 Å². The van der Waals surface area contributed by atoms with Gasteiger partial charge in [0.25, 0.3) is 0 Å². The molecular weight excluding hydrogens is 240 g/mol. The van der Waals surface area contributed by atoms with Crippen LogP contribution >= 0.6 is 11.8 Å². The van der Waals surface area contributed by atoms with Crippen LogP contribution in [0.1, 0.15) is 17.3 Å². The predicted octanol–water partition coefficient (Wildman–Crippen LogP) is 1.87. The lowest BCUT2D eigenvalue weighted by molar-refractivity contribution is -0.139. The van der Waals surface area contributed by atoms with Crippen LogP contribution in [0.15, 0.2) is 24.3 Å². The molecule has 0 unspecified atom stereocenters. The molecule has 0 aliphatic rings. The van der Waals surface area contributed by atoms with Crippen LogP contribution in [0.3, 0.4) is 0 Å². The quantitative estimate of drug-likeness (QED) is 0.620. The average Bonchev–Trinajstić information content (AvgIpc) is 2.30. The van der Waals surface area contributed by atoms with Crippen LogP contribution in [0.5, 0.6) is 5.75 Å². The number of carbonyl (C=O) groups is 2. The van der Waals surface area contributed by atoms with Crippen molar-refractivity contribution in [2.75, 3.05) is 18.1 Å². The highest BCUT2D eigenvalue weighted by molar-refractivity contribution is 8.00. The third-order valence-electron chi connectivity index (χ3n) is 1.95. The molecule has 4 nitrogen and oxygen atoms in total. The predicted molar refractivity (Wildman–Crippen MR) is 66.4 cm³/mol. The number of esters is 1. The highest BCUT2D eigenvalue weighted by Crippen LogP contribution is 2.12. The summed E-state index contributed by atoms with van der Waals surface area (Å²) in [5.74, 6) is 0.150. The molecular formula is C12H14O4S. The second kappa shape index (κ2) is 6.96. The third-order valence-corrected chi connectivity index (χ3v) is 2.85. The maximum absolute atomic E-state index is 11.6. The molecule has 5 heteroatoms. The number of rotatable bonds is 6. The number of Topliss-reactive ketones (excluding diaryl/α,β-unsaturated/α-hetero) is 1. The van der Waals surface area contributed by atoms with Crippen LogP contribution in [-0.2, 0) is 9.53 Å². The van der Waals surface area contributed by atoms with Gasteiger partial charge in [-0.1, -0.05) is 0 Å². The van der Waals surface area contributed by atoms with Crippen LogP contribution in [0.2, 0.25) is 0 Å². The Morgan fingerprint density at radius 2 is 1.88 bits per heavy atom. The number of phenols is 1. The van der Waals surface area contributed by atoms with Crippen molar-refractivity contribution in [3.05, 3.63) is 29.8 Å². The Morgan fingerprint density at radius 3 is 2.47 bits per heavy atom. The van der Waals surface area contributed by atoms with Crippen molar-refractivity contribution < 1.29 is 19.4 Å². The minimum atomic E-state index is -0.309. The molecule has 0 bridgehead atoms. The van der Waals surface area contributed by atoms with E-state index in [9.17, 15) is 9.59 Å². The van der Waals surface area contributed by atoms with E-state index in [0.717, 1.165) is 0 Å². The monoisotopic (exact) mass is 254 g/mol. The SMILES string of the molecule is CCOC(=O)CSCC(=O)c1ccc(O)cc1. The Hall–Kier alpha value is -1.49. The molecule has 0 aliphatic carbocycles. The average molecular weight is 254 g/mol. The van der Waals surface area contributed by atoms with E-state index in [2.05, 4.69) is 0 Å². The Labute approximate surface area is 104 Å². The number of thioether (sulfide) groups is 1. The van der Waals surface area contributed by atoms with E-state index in [1.165, 1.54) is 23.9 Å². The summed E-state index contributed by atoms with van der Waals surface area (Å²) in [6.07, 6.45) is 0. The van der Waals surface area contributed by atoms with E-state index in [1.807, 2.05) is 0 Å². The van der Waals surface area contributed by atoms with Gasteiger partial charge >= 0.3 is 5.97 Å². The van der Waals surface area contributed by atoms with Crippen LogP contribution in [-0.4, -0.2) is 35.0 Å². The summed E-state index contributed by atoms with van der Waals surface area (Å²) in [4.78, 5) is 22.7. The smallest absolute Gasteiger partial charge is 0.315 e. The zero-order valence-electron chi connectivity index (χ0n) is 9.51. The Kier molecular flexibility index (Phi) is 5.56. The Morgan fingerprint density at radius 1 is 1.24 bits per heavy atom. The molecule has 0 saturated carbocycles. The number of carbonyl (C=O) groups excluding carboxylic acids is 2. The number of phenolic OH excluding ortho intramolecular Hbond substituents is 1. The number of hydrogen-bond acceptors (Lipinski definition) is 5. The van der Waals surface area contributed by atoms with Crippen molar-refractivity contribution in [2.45, 2.75) is 6.92 Å². The summed E-state index contributed by atoms with van der Waals surface area (Å²) < 4.78 is 4.74. The lowest BCUT2D eigenvalue weighted by Gasteiger charge is -2.02. The van der Waals surface area contributed by atoms with Crippen LogP contribution < -0.4 is 0 Å². The topological polar surface area (TPSA) is 63.6 Å². The first-order valence-electron chi connectivity index (χ1n) is 5.19. The molecule has 0 spiro atoms. The fourth-order valence-electron chi connectivity index (χ4n) is 1.16. The standard InChI is InChI=1S/C12H14O4S/c1-2-16-12(15)8-17-7-11(14)9-3-5-10(13)6-4-9/h3-6,13H,2,7-8H2,1H3. The van der Waals surface area contributed by atoms with Gasteiger partial charge in [-0.3, -0.25) is 9.59 Å². The molecule has 0 heterocycles. The zero-order valence-corrected chi connectivity index (χ0v) is 10.3. The lowest BCUT2D eigenvalue weighted by Crippen LogP contribution is -2.09. The minimum absolute atomic E-state index is 0.0701. The van der Waals surface area contributed by atoms with Gasteiger partial charge in [0.2, 0.25) is 0 Å². The maximum atomic E-state index is 11.6. The van der Waals surface area contributed by atoms with E-state index in [-0.39, 0.29) is 29.0 Å². The first-order chi connectivity index (χ1) is 8.13. The van der Waals surface area contributed by atoms with Crippen LogP contribution in [0.25, 0.3) is 0 Å². The molecule has 0 fully saturated rings. The van der Waals surface area contributed by atoms with Gasteiger partial charge in [-0.25, -0.2) is 0 Å². The Balaban J connectivity index is 2.35. The molecule has 1 aromatic rings. The second-order valence-electron chi connectivity index (χ2n) is 3.27. The van der Waals surface area contributed by atoms with Crippen molar-refractivity contribution in [3.8, 4) is 5.75 Å². The fourth-order valence-corrected chi connectivity index (χ4v) is 1.86. The van der Waals surface area contributed by atoms with Gasteiger partial charge in [0.1, 0.15) is 5.75 Å². The summed E-state index contributed by atoms with van der Waals surface area (Å²) in [6, 6.07) is 6.04. The summed E-state index contributed by atoms with van der Waals surface area (Å²) in [7, 11) is 0. The maximum Gasteiger partial charge on any atom is 0.315 e. The Bertz CT molecular complexity index is 386. The second-order valence-corrected chi connectivity index (χ2v) is 4.25. The molecule has 1 aromatic carbocycles. The molecule has 0 radical (unpaired) electrons. The third kappa shape index (κ3) is 4.91. The summed E-state index contributed by atoms with van der Waals surface area (Å²) in [5, 5.41) is 9.07. The summed E-state index contributed by atoms with van der Waals surface area (Å²) >= 11 is 1.22. The van der Waals surface area contributed by atoms with E-state index >= 15 is 0 Å². The molecule has 0 atom stereocenters. The summed E-state index contributed by atoms with van der Waals surface area (Å²) in [6.45, 7) is 2.09. The van der Waals surface area contributed by atoms with Gasteiger partial charge in [-0.2, -0.15) is 0 Å². The van der Waals surface area contributed by atoms with Gasteiger partial charge in [0, 0.05) is 5.56 Å². The summed E-state index contributed by atoms with van der Waals surface area (Å²) in [5.41, 5.74) is 0.527. The molecule has 0 amide bonds. The first kappa shape index (κ1) is 13.6. The van der Waals surface area contributed by atoms with Crippen molar-refractivity contribution >= 4 is 23.5 Å². The van der Waals surface area contributed by atoms with E-state index in [0.29, 0.717) is 12.2 Å². The van der Waals surface area contributed by atoms with Crippen molar-refractivity contribution in [2.24, 2.45) is 0 Å². The largest absolute Gasteiger partial charge is 0.508 e. The van der Waals surface area contributed by atoms with Gasteiger partial charge in [0.15, 0.2) is 5.78 Å². The molecule has 17 heavy (non-hydrogen) atoms. The molecule has 0 saturated heterocycles. The van der Waals surface area contributed by atoms with E-state index < -0.39 is 0 Å². The van der Waals surface area contributed by atoms with Crippen molar-refractivity contribution in [3.63, 3.8) is 0 Å². The highest BCUT2D eigenvalue weighted by atomic mass is 32.2. The zero-order chi connectivity index (χ0) is 12.7. The van der Waals surface area contributed by atoms with Crippen LogP contribution in [0.4, 0.5) is 0 Å². The van der Waals surface area contributed by atoms with Gasteiger partial charge in [-0.05, 0) is 31.2 Å². The normalized spacial score (nSPS) is 9.94. The number of hydrogen-bond donors (Lipinski definition) is 1. The molecule has 92 valence electrons. The van der Waals surface area contributed by atoms with Crippen molar-refractivity contribution in [1.29, 1.82) is 0 Å². The van der Waals surface area contributed by atoms with Crippen LogP contribution in [0, 0.1) is 0 Å². The van der Waals surface area contributed by atoms with Gasteiger partial charge in [0.05, 0.1) is 18.1 Å².